The Morgan fingerprint density at radius 3 is 2.25 bits per heavy atom. The van der Waals surface area contributed by atoms with Gasteiger partial charge in [0.1, 0.15) is 0 Å². The fourth-order valence-corrected chi connectivity index (χ4v) is 3.99. The van der Waals surface area contributed by atoms with E-state index in [4.69, 9.17) is 0 Å². The summed E-state index contributed by atoms with van der Waals surface area (Å²) in [5, 5.41) is 6.57. The van der Waals surface area contributed by atoms with Crippen molar-refractivity contribution in [2.45, 2.75) is 26.2 Å². The van der Waals surface area contributed by atoms with Crippen molar-refractivity contribution in [3.63, 3.8) is 0 Å². The molecule has 0 aromatic rings. The highest BCUT2D eigenvalue weighted by molar-refractivity contribution is 5.86. The molecule has 0 aromatic heterocycles. The SMILES string of the molecule is CCN1CCN(CCNC(=O)C2CC23CCNCC3)CC1.Cl.Cl.Cl. The number of piperazine rings is 1. The molecule has 144 valence electrons. The first-order chi connectivity index (χ1) is 10.2. The predicted octanol–water partition coefficient (Wildman–Crippen LogP) is 1.40. The Hall–Kier alpha value is 0.220. The van der Waals surface area contributed by atoms with E-state index in [1.54, 1.807) is 0 Å². The summed E-state index contributed by atoms with van der Waals surface area (Å²) in [5.41, 5.74) is 0.363. The maximum atomic E-state index is 12.3. The molecule has 1 aliphatic carbocycles. The molecule has 8 heteroatoms. The van der Waals surface area contributed by atoms with E-state index in [2.05, 4.69) is 27.4 Å². The standard InChI is InChI=1S/C16H30N4O.3ClH/c1-2-19-9-11-20(12-10-19)8-7-18-15(21)14-13-16(14)3-5-17-6-4-16;;;/h14,17H,2-13H2,1H3,(H,18,21);3*1H. The summed E-state index contributed by atoms with van der Waals surface area (Å²) in [5.74, 6) is 0.612. The van der Waals surface area contributed by atoms with Crippen molar-refractivity contribution in [2.75, 3.05) is 58.9 Å². The number of amides is 1. The van der Waals surface area contributed by atoms with Gasteiger partial charge >= 0.3 is 0 Å². The molecule has 0 aromatic carbocycles. The topological polar surface area (TPSA) is 47.6 Å². The maximum Gasteiger partial charge on any atom is 0.223 e. The molecule has 2 heterocycles. The molecular weight excluding hydrogens is 371 g/mol. The second kappa shape index (κ2) is 11.0. The van der Waals surface area contributed by atoms with Crippen molar-refractivity contribution in [1.29, 1.82) is 0 Å². The fourth-order valence-electron chi connectivity index (χ4n) is 3.99. The second-order valence-corrected chi connectivity index (χ2v) is 6.94. The molecule has 1 spiro atoms. The summed E-state index contributed by atoms with van der Waals surface area (Å²) in [6.07, 6.45) is 3.49. The van der Waals surface area contributed by atoms with Crippen molar-refractivity contribution in [1.82, 2.24) is 20.4 Å². The molecule has 1 amide bonds. The number of piperidine rings is 1. The van der Waals surface area contributed by atoms with Crippen molar-refractivity contribution < 1.29 is 4.79 Å². The number of halogens is 3. The number of hydrogen-bond donors (Lipinski definition) is 2. The lowest BCUT2D eigenvalue weighted by atomic mass is 9.92. The van der Waals surface area contributed by atoms with Crippen LogP contribution in [0.1, 0.15) is 26.2 Å². The van der Waals surface area contributed by atoms with Gasteiger partial charge in [0.15, 0.2) is 0 Å². The normalized spacial score (nSPS) is 25.8. The van der Waals surface area contributed by atoms with Gasteiger partial charge in [-0.2, -0.15) is 0 Å². The van der Waals surface area contributed by atoms with Crippen LogP contribution in [0.4, 0.5) is 0 Å². The fraction of sp³-hybridized carbons (Fsp3) is 0.938. The minimum Gasteiger partial charge on any atom is -0.355 e. The zero-order valence-corrected chi connectivity index (χ0v) is 17.0. The molecule has 3 aliphatic rings. The van der Waals surface area contributed by atoms with Gasteiger partial charge < -0.3 is 15.5 Å². The van der Waals surface area contributed by atoms with Crippen LogP contribution in [0.15, 0.2) is 0 Å². The number of carbonyl (C=O) groups excluding carboxylic acids is 1. The minimum absolute atomic E-state index is 0. The van der Waals surface area contributed by atoms with Crippen LogP contribution in [0.25, 0.3) is 0 Å². The van der Waals surface area contributed by atoms with Crippen LogP contribution in [-0.2, 0) is 4.79 Å². The number of nitrogens with zero attached hydrogens (tertiary/aromatic N) is 2. The van der Waals surface area contributed by atoms with Gasteiger partial charge in [-0.3, -0.25) is 9.69 Å². The molecule has 2 aliphatic heterocycles. The number of rotatable bonds is 5. The van der Waals surface area contributed by atoms with Crippen molar-refractivity contribution in [2.24, 2.45) is 11.3 Å². The Bertz CT molecular complexity index is 372. The minimum atomic E-state index is 0. The largest absolute Gasteiger partial charge is 0.355 e. The van der Waals surface area contributed by atoms with Crippen LogP contribution in [0.3, 0.4) is 0 Å². The van der Waals surface area contributed by atoms with Crippen molar-refractivity contribution >= 4 is 43.1 Å². The summed E-state index contributed by atoms with van der Waals surface area (Å²) >= 11 is 0. The molecule has 0 radical (unpaired) electrons. The van der Waals surface area contributed by atoms with Gasteiger partial charge in [-0.15, -0.1) is 37.2 Å². The van der Waals surface area contributed by atoms with E-state index in [0.717, 1.165) is 52.2 Å². The van der Waals surface area contributed by atoms with E-state index in [1.807, 2.05) is 0 Å². The van der Waals surface area contributed by atoms with Gasteiger partial charge in [0.05, 0.1) is 0 Å². The number of likely N-dealkylation sites (N-methyl/N-ethyl adjacent to an activating group) is 1. The highest BCUT2D eigenvalue weighted by atomic mass is 35.5. The lowest BCUT2D eigenvalue weighted by Crippen LogP contribution is -2.48. The van der Waals surface area contributed by atoms with Crippen molar-refractivity contribution in [3.05, 3.63) is 0 Å². The maximum absolute atomic E-state index is 12.3. The van der Waals surface area contributed by atoms with Gasteiger partial charge in [-0.25, -0.2) is 0 Å². The molecular formula is C16H33Cl3N4O. The summed E-state index contributed by atoms with van der Waals surface area (Å²) in [6, 6.07) is 0. The molecule has 0 bridgehead atoms. The number of nitrogens with one attached hydrogen (secondary N) is 2. The third kappa shape index (κ3) is 5.89. The highest BCUT2D eigenvalue weighted by Gasteiger charge is 2.57. The molecule has 3 fully saturated rings. The molecule has 3 rings (SSSR count). The van der Waals surface area contributed by atoms with Crippen LogP contribution in [0.2, 0.25) is 0 Å². The lowest BCUT2D eigenvalue weighted by Gasteiger charge is -2.34. The van der Waals surface area contributed by atoms with Crippen LogP contribution in [0, 0.1) is 11.3 Å². The Balaban J connectivity index is 0.00000176. The van der Waals surface area contributed by atoms with E-state index in [-0.39, 0.29) is 37.2 Å². The first-order valence-electron chi connectivity index (χ1n) is 8.67. The molecule has 24 heavy (non-hydrogen) atoms. The molecule has 5 nitrogen and oxygen atoms in total. The van der Waals surface area contributed by atoms with Gasteiger partial charge in [-0.05, 0) is 44.3 Å². The van der Waals surface area contributed by atoms with Gasteiger partial charge in [-0.1, -0.05) is 6.92 Å². The summed E-state index contributed by atoms with van der Waals surface area (Å²) in [4.78, 5) is 17.2. The first kappa shape index (κ1) is 24.2. The van der Waals surface area contributed by atoms with Gasteiger partial charge in [0.2, 0.25) is 5.91 Å². The Morgan fingerprint density at radius 1 is 1.08 bits per heavy atom. The monoisotopic (exact) mass is 402 g/mol. The quantitative estimate of drug-likeness (QED) is 0.728. The van der Waals surface area contributed by atoms with E-state index in [1.165, 1.54) is 25.9 Å². The third-order valence-electron chi connectivity index (χ3n) is 5.74. The van der Waals surface area contributed by atoms with Gasteiger partial charge in [0.25, 0.3) is 0 Å². The van der Waals surface area contributed by atoms with Gasteiger partial charge in [0, 0.05) is 45.2 Å². The predicted molar refractivity (Wildman–Crippen MR) is 106 cm³/mol. The number of hydrogen-bond acceptors (Lipinski definition) is 4. The number of carbonyl (C=O) groups is 1. The molecule has 2 N–H and O–H groups in total. The average Bonchev–Trinajstić information content (AvgIpc) is 3.22. The Kier molecular flexibility index (Phi) is 11.1. The molecule has 1 unspecified atom stereocenters. The molecule has 1 atom stereocenters. The average molecular weight is 404 g/mol. The van der Waals surface area contributed by atoms with Crippen molar-refractivity contribution in [3.8, 4) is 0 Å². The summed E-state index contributed by atoms with van der Waals surface area (Å²) in [7, 11) is 0. The zero-order chi connectivity index (χ0) is 14.7. The van der Waals surface area contributed by atoms with E-state index in [9.17, 15) is 4.79 Å². The van der Waals surface area contributed by atoms with Crippen LogP contribution < -0.4 is 10.6 Å². The van der Waals surface area contributed by atoms with Crippen LogP contribution in [0.5, 0.6) is 0 Å². The first-order valence-corrected chi connectivity index (χ1v) is 8.67. The molecule has 1 saturated carbocycles. The Labute approximate surface area is 164 Å². The zero-order valence-electron chi connectivity index (χ0n) is 14.6. The summed E-state index contributed by atoms with van der Waals surface area (Å²) in [6.45, 7) is 12.0. The van der Waals surface area contributed by atoms with E-state index >= 15 is 0 Å². The third-order valence-corrected chi connectivity index (χ3v) is 5.74. The van der Waals surface area contributed by atoms with E-state index in [0.29, 0.717) is 17.2 Å². The summed E-state index contributed by atoms with van der Waals surface area (Å²) < 4.78 is 0. The second-order valence-electron chi connectivity index (χ2n) is 6.94. The highest BCUT2D eigenvalue weighted by Crippen LogP contribution is 2.58. The van der Waals surface area contributed by atoms with Crippen LogP contribution in [-0.4, -0.2) is 74.6 Å². The van der Waals surface area contributed by atoms with Crippen LogP contribution >= 0.6 is 37.2 Å². The smallest absolute Gasteiger partial charge is 0.223 e. The lowest BCUT2D eigenvalue weighted by molar-refractivity contribution is -0.123. The van der Waals surface area contributed by atoms with E-state index < -0.39 is 0 Å². The Morgan fingerprint density at radius 2 is 1.67 bits per heavy atom. The molecule has 2 saturated heterocycles.